The van der Waals surface area contributed by atoms with Gasteiger partial charge in [0.15, 0.2) is 11.5 Å². The van der Waals surface area contributed by atoms with Gasteiger partial charge in [-0.15, -0.1) is 0 Å². The Hall–Kier alpha value is -4.51. The molecular weight excluding hydrogens is 464 g/mol. The summed E-state index contributed by atoms with van der Waals surface area (Å²) < 4.78 is 18.8. The largest absolute Gasteiger partial charge is 0.485 e. The van der Waals surface area contributed by atoms with E-state index in [2.05, 4.69) is 0 Å². The summed E-state index contributed by atoms with van der Waals surface area (Å²) in [6.45, 7) is 1.09. The average molecular weight is 495 g/mol. The molecule has 0 aromatic heterocycles. The number of allylic oxidation sites excluding steroid dienone is 1. The lowest BCUT2D eigenvalue weighted by molar-refractivity contribution is -0.136. The average Bonchev–Trinajstić information content (AvgIpc) is 2.94. The molecule has 4 rings (SSSR count). The fraction of sp³-hybridized carbons (Fsp3) is 0.156. The zero-order valence-corrected chi connectivity index (χ0v) is 20.6. The Labute approximate surface area is 217 Å². The monoisotopic (exact) mass is 494 g/mol. The van der Waals surface area contributed by atoms with Crippen LogP contribution in [0.5, 0.6) is 17.2 Å². The zero-order valence-electron chi connectivity index (χ0n) is 20.6. The van der Waals surface area contributed by atoms with Crippen LogP contribution in [-0.2, 0) is 24.6 Å². The van der Waals surface area contributed by atoms with E-state index in [0.717, 1.165) is 22.3 Å². The maximum atomic E-state index is 10.9. The number of hydrogen-bond acceptors (Lipinski definition) is 4. The van der Waals surface area contributed by atoms with Crippen molar-refractivity contribution in [2.45, 2.75) is 32.7 Å². The molecule has 0 saturated carbocycles. The Morgan fingerprint density at radius 2 is 1.08 bits per heavy atom. The highest BCUT2D eigenvalue weighted by molar-refractivity contribution is 5.67. The van der Waals surface area contributed by atoms with Gasteiger partial charge in [-0.05, 0) is 40.8 Å². The number of benzene rings is 4. The standard InChI is InChI=1S/C32H30O5/c33-31(34)19-11-10-18-28-20-29(35-22-25-12-4-1-5-13-25)32(37-24-27-16-8-3-9-17-27)30(21-28)36-23-26-14-6-2-7-15-26/h1-10,12-18,20-21H,11,19,22-24H2,(H,33,34)/b18-10-. The van der Waals surface area contributed by atoms with Gasteiger partial charge in [0.05, 0.1) is 0 Å². The predicted molar refractivity (Wildman–Crippen MR) is 145 cm³/mol. The van der Waals surface area contributed by atoms with Gasteiger partial charge >= 0.3 is 5.97 Å². The maximum absolute atomic E-state index is 10.9. The first-order valence-corrected chi connectivity index (χ1v) is 12.2. The van der Waals surface area contributed by atoms with Gasteiger partial charge in [0, 0.05) is 6.42 Å². The van der Waals surface area contributed by atoms with Gasteiger partial charge in [-0.25, -0.2) is 0 Å². The summed E-state index contributed by atoms with van der Waals surface area (Å²) in [7, 11) is 0. The lowest BCUT2D eigenvalue weighted by Crippen LogP contribution is -2.04. The van der Waals surface area contributed by atoms with Gasteiger partial charge in [-0.3, -0.25) is 4.79 Å². The van der Waals surface area contributed by atoms with Crippen molar-refractivity contribution in [3.8, 4) is 17.2 Å². The molecule has 1 N–H and O–H groups in total. The lowest BCUT2D eigenvalue weighted by atomic mass is 10.1. The van der Waals surface area contributed by atoms with Crippen molar-refractivity contribution in [3.63, 3.8) is 0 Å². The van der Waals surface area contributed by atoms with Crippen molar-refractivity contribution in [3.05, 3.63) is 131 Å². The van der Waals surface area contributed by atoms with Crippen molar-refractivity contribution < 1.29 is 24.1 Å². The third-order valence-corrected chi connectivity index (χ3v) is 5.58. The molecule has 0 aliphatic rings. The van der Waals surface area contributed by atoms with Gasteiger partial charge in [0.2, 0.25) is 5.75 Å². The van der Waals surface area contributed by atoms with Crippen molar-refractivity contribution in [2.75, 3.05) is 0 Å². The molecule has 0 radical (unpaired) electrons. The van der Waals surface area contributed by atoms with Crippen LogP contribution >= 0.6 is 0 Å². The van der Waals surface area contributed by atoms with Crippen LogP contribution < -0.4 is 14.2 Å². The molecule has 188 valence electrons. The van der Waals surface area contributed by atoms with Crippen molar-refractivity contribution in [1.29, 1.82) is 0 Å². The summed E-state index contributed by atoms with van der Waals surface area (Å²) in [4.78, 5) is 10.9. The minimum atomic E-state index is -0.826. The molecule has 0 amide bonds. The van der Waals surface area contributed by atoms with E-state index in [0.29, 0.717) is 43.5 Å². The Kier molecular flexibility index (Phi) is 9.36. The van der Waals surface area contributed by atoms with Gasteiger partial charge in [-0.2, -0.15) is 0 Å². The first-order valence-electron chi connectivity index (χ1n) is 12.2. The summed E-state index contributed by atoms with van der Waals surface area (Å²) in [5, 5.41) is 8.95. The highest BCUT2D eigenvalue weighted by Crippen LogP contribution is 2.41. The summed E-state index contributed by atoms with van der Waals surface area (Å²) in [5.74, 6) is 0.818. The Balaban J connectivity index is 1.65. The number of carboxylic acid groups (broad SMARTS) is 1. The molecule has 0 aliphatic heterocycles. The van der Waals surface area contributed by atoms with Crippen LogP contribution in [0.15, 0.2) is 109 Å². The molecular formula is C32H30O5. The molecule has 0 unspecified atom stereocenters. The Bertz CT molecular complexity index is 1220. The fourth-order valence-corrected chi connectivity index (χ4v) is 3.68. The van der Waals surface area contributed by atoms with E-state index in [-0.39, 0.29) is 6.42 Å². The second kappa shape index (κ2) is 13.5. The highest BCUT2D eigenvalue weighted by atomic mass is 16.5. The second-order valence-electron chi connectivity index (χ2n) is 8.50. The number of carbonyl (C=O) groups is 1. The number of carboxylic acids is 1. The van der Waals surface area contributed by atoms with Crippen LogP contribution in [-0.4, -0.2) is 11.1 Å². The minimum absolute atomic E-state index is 0.0729. The molecule has 37 heavy (non-hydrogen) atoms. The van der Waals surface area contributed by atoms with Crippen LogP contribution in [0.3, 0.4) is 0 Å². The van der Waals surface area contributed by atoms with Crippen molar-refractivity contribution in [1.82, 2.24) is 0 Å². The molecule has 0 fully saturated rings. The predicted octanol–water partition coefficient (Wildman–Crippen LogP) is 7.30. The third kappa shape index (κ3) is 8.29. The second-order valence-corrected chi connectivity index (χ2v) is 8.50. The number of hydrogen-bond donors (Lipinski definition) is 1. The highest BCUT2D eigenvalue weighted by Gasteiger charge is 2.16. The van der Waals surface area contributed by atoms with Gasteiger partial charge in [0.1, 0.15) is 19.8 Å². The van der Waals surface area contributed by atoms with E-state index >= 15 is 0 Å². The molecule has 5 heteroatoms. The quantitative estimate of drug-likeness (QED) is 0.211. The normalized spacial score (nSPS) is 10.8. The van der Waals surface area contributed by atoms with Crippen molar-refractivity contribution in [2.24, 2.45) is 0 Å². The van der Waals surface area contributed by atoms with Crippen LogP contribution in [0.25, 0.3) is 6.08 Å². The number of aliphatic carboxylic acids is 1. The summed E-state index contributed by atoms with van der Waals surface area (Å²) in [6, 6.07) is 33.6. The molecule has 4 aromatic carbocycles. The summed E-state index contributed by atoms with van der Waals surface area (Å²) in [6.07, 6.45) is 4.23. The first kappa shape index (κ1) is 25.6. The molecule has 5 nitrogen and oxygen atoms in total. The maximum Gasteiger partial charge on any atom is 0.303 e. The number of rotatable bonds is 13. The molecule has 0 spiro atoms. The van der Waals surface area contributed by atoms with Crippen LogP contribution in [0.1, 0.15) is 35.1 Å². The minimum Gasteiger partial charge on any atom is -0.485 e. The van der Waals surface area contributed by atoms with E-state index < -0.39 is 5.97 Å². The fourth-order valence-electron chi connectivity index (χ4n) is 3.68. The van der Waals surface area contributed by atoms with E-state index in [9.17, 15) is 4.79 Å². The SMILES string of the molecule is O=C(O)CC/C=C\c1cc(OCc2ccccc2)c(OCc2ccccc2)c(OCc2ccccc2)c1. The molecule has 4 aromatic rings. The molecule has 0 heterocycles. The van der Waals surface area contributed by atoms with Gasteiger partial charge in [0.25, 0.3) is 0 Å². The van der Waals surface area contributed by atoms with Crippen LogP contribution in [0, 0.1) is 0 Å². The smallest absolute Gasteiger partial charge is 0.303 e. The summed E-state index contributed by atoms with van der Waals surface area (Å²) >= 11 is 0. The van der Waals surface area contributed by atoms with E-state index in [1.165, 1.54) is 0 Å². The first-order chi connectivity index (χ1) is 18.2. The zero-order chi connectivity index (χ0) is 25.7. The molecule has 0 saturated heterocycles. The molecule has 0 aliphatic carbocycles. The van der Waals surface area contributed by atoms with Gasteiger partial charge < -0.3 is 19.3 Å². The van der Waals surface area contributed by atoms with E-state index in [4.69, 9.17) is 19.3 Å². The third-order valence-electron chi connectivity index (χ3n) is 5.58. The van der Waals surface area contributed by atoms with Gasteiger partial charge in [-0.1, -0.05) is 103 Å². The number of ether oxygens (including phenoxy) is 3. The lowest BCUT2D eigenvalue weighted by Gasteiger charge is -2.18. The molecule has 0 bridgehead atoms. The van der Waals surface area contributed by atoms with Crippen LogP contribution in [0.4, 0.5) is 0 Å². The topological polar surface area (TPSA) is 65.0 Å². The summed E-state index contributed by atoms with van der Waals surface area (Å²) in [5.41, 5.74) is 3.93. The van der Waals surface area contributed by atoms with E-state index in [1.807, 2.05) is 115 Å². The Morgan fingerprint density at radius 1 is 0.649 bits per heavy atom. The van der Waals surface area contributed by atoms with Crippen LogP contribution in [0.2, 0.25) is 0 Å². The van der Waals surface area contributed by atoms with E-state index in [1.54, 1.807) is 0 Å². The molecule has 0 atom stereocenters. The Morgan fingerprint density at radius 3 is 1.51 bits per heavy atom. The van der Waals surface area contributed by atoms with Crippen molar-refractivity contribution >= 4 is 12.0 Å².